The van der Waals surface area contributed by atoms with E-state index in [1.165, 1.54) is 6.20 Å². The Labute approximate surface area is 209 Å². The van der Waals surface area contributed by atoms with Gasteiger partial charge in [-0.1, -0.05) is 40.9 Å². The molecule has 0 fully saturated rings. The molecule has 3 aromatic heterocycles. The van der Waals surface area contributed by atoms with E-state index in [-0.39, 0.29) is 16.6 Å². The molecule has 0 spiro atoms. The van der Waals surface area contributed by atoms with Gasteiger partial charge in [0.1, 0.15) is 10.9 Å². The molecule has 0 bridgehead atoms. The lowest BCUT2D eigenvalue weighted by Crippen LogP contribution is -2.04. The average Bonchev–Trinajstić information content (AvgIpc) is 3.44. The zero-order chi connectivity index (χ0) is 23.8. The second-order valence-corrected chi connectivity index (χ2v) is 8.67. The number of carbonyl (C=O) groups excluding carboxylic acids is 1. The van der Waals surface area contributed by atoms with Crippen molar-refractivity contribution in [3.8, 4) is 17.1 Å². The predicted octanol–water partition coefficient (Wildman–Crippen LogP) is 6.94. The summed E-state index contributed by atoms with van der Waals surface area (Å²) in [7, 11) is 1.56. The van der Waals surface area contributed by atoms with Gasteiger partial charge in [0, 0.05) is 33.4 Å². The molecule has 0 amide bonds. The number of carbonyl (C=O) groups is 1. The summed E-state index contributed by atoms with van der Waals surface area (Å²) in [5.41, 5.74) is 2.56. The lowest BCUT2D eigenvalue weighted by atomic mass is 10.1. The molecule has 0 aliphatic heterocycles. The van der Waals surface area contributed by atoms with Crippen molar-refractivity contribution in [2.24, 2.45) is 0 Å². The van der Waals surface area contributed by atoms with Gasteiger partial charge in [-0.05, 0) is 48.0 Å². The fourth-order valence-electron chi connectivity index (χ4n) is 3.76. The van der Waals surface area contributed by atoms with E-state index in [1.54, 1.807) is 55.9 Å². The number of aromatic nitrogens is 3. The molecule has 0 atom stereocenters. The highest BCUT2D eigenvalue weighted by molar-refractivity contribution is 6.37. The highest BCUT2D eigenvalue weighted by atomic mass is 35.5. The van der Waals surface area contributed by atoms with Crippen LogP contribution in [0.4, 0.5) is 0 Å². The topological polar surface area (TPSA) is 70.2 Å². The molecule has 170 valence electrons. The van der Waals surface area contributed by atoms with Crippen LogP contribution in [0.5, 0.6) is 5.75 Å². The van der Waals surface area contributed by atoms with Crippen molar-refractivity contribution >= 4 is 51.5 Å². The molecule has 0 aliphatic rings. The Morgan fingerprint density at radius 1 is 1.06 bits per heavy atom. The van der Waals surface area contributed by atoms with Crippen LogP contribution in [0.15, 0.2) is 71.5 Å². The molecular weight excluding hydrogens is 497 g/mol. The number of rotatable bonds is 6. The van der Waals surface area contributed by atoms with Crippen molar-refractivity contribution in [2.45, 2.75) is 6.54 Å². The maximum atomic E-state index is 13.6. The van der Waals surface area contributed by atoms with Crippen LogP contribution in [-0.2, 0) is 6.54 Å². The lowest BCUT2D eigenvalue weighted by molar-refractivity contribution is 0.100. The maximum Gasteiger partial charge on any atom is 0.268 e. The number of hydrogen-bond acceptors (Lipinski definition) is 5. The number of ketones is 1. The van der Waals surface area contributed by atoms with Gasteiger partial charge in [-0.3, -0.25) is 9.78 Å². The van der Waals surface area contributed by atoms with Gasteiger partial charge in [-0.15, -0.1) is 0 Å². The Balaban J connectivity index is 1.62. The summed E-state index contributed by atoms with van der Waals surface area (Å²) in [6.45, 7) is 0.332. The second kappa shape index (κ2) is 9.14. The molecule has 6 nitrogen and oxygen atoms in total. The third kappa shape index (κ3) is 4.05. The smallest absolute Gasteiger partial charge is 0.268 e. The quantitative estimate of drug-likeness (QED) is 0.230. The SMILES string of the molecule is COc1ccc2c(c1)c(C(=O)c1ncc(-c3ccncc3)o1)c(Cl)n2Cc1ccc(Cl)cc1Cl. The molecule has 0 saturated heterocycles. The monoisotopic (exact) mass is 511 g/mol. The van der Waals surface area contributed by atoms with Crippen molar-refractivity contribution in [1.29, 1.82) is 0 Å². The number of nitrogens with zero attached hydrogens (tertiary/aromatic N) is 3. The van der Waals surface area contributed by atoms with Gasteiger partial charge in [0.25, 0.3) is 11.7 Å². The molecule has 5 aromatic rings. The fraction of sp³-hybridized carbons (Fsp3) is 0.0800. The van der Waals surface area contributed by atoms with Crippen LogP contribution in [0.2, 0.25) is 15.2 Å². The maximum absolute atomic E-state index is 13.6. The molecule has 0 saturated carbocycles. The molecule has 34 heavy (non-hydrogen) atoms. The minimum atomic E-state index is -0.440. The first kappa shape index (κ1) is 22.5. The minimum absolute atomic E-state index is 0.0693. The summed E-state index contributed by atoms with van der Waals surface area (Å²) in [6.07, 6.45) is 4.78. The van der Waals surface area contributed by atoms with Gasteiger partial charge in [0.05, 0.1) is 30.9 Å². The van der Waals surface area contributed by atoms with Crippen molar-refractivity contribution in [3.63, 3.8) is 0 Å². The number of fused-ring (bicyclic) bond motifs is 1. The summed E-state index contributed by atoms with van der Waals surface area (Å²) in [4.78, 5) is 21.7. The zero-order valence-electron chi connectivity index (χ0n) is 17.8. The van der Waals surface area contributed by atoms with E-state index in [4.69, 9.17) is 44.0 Å². The van der Waals surface area contributed by atoms with Gasteiger partial charge in [0.15, 0.2) is 5.76 Å². The Bertz CT molecular complexity index is 1530. The third-order valence-electron chi connectivity index (χ3n) is 5.44. The highest BCUT2D eigenvalue weighted by Crippen LogP contribution is 2.36. The predicted molar refractivity (Wildman–Crippen MR) is 132 cm³/mol. The van der Waals surface area contributed by atoms with E-state index < -0.39 is 5.78 Å². The van der Waals surface area contributed by atoms with Gasteiger partial charge >= 0.3 is 0 Å². The van der Waals surface area contributed by atoms with Gasteiger partial charge < -0.3 is 13.7 Å². The van der Waals surface area contributed by atoms with E-state index in [9.17, 15) is 4.79 Å². The number of ether oxygens (including phenoxy) is 1. The summed E-state index contributed by atoms with van der Waals surface area (Å²) in [5.74, 6) is 0.533. The molecule has 3 heterocycles. The Kier molecular flexibility index (Phi) is 6.04. The van der Waals surface area contributed by atoms with E-state index in [1.807, 2.05) is 16.7 Å². The molecule has 5 rings (SSSR count). The number of benzene rings is 2. The normalized spacial score (nSPS) is 11.2. The third-order valence-corrected chi connectivity index (χ3v) is 6.42. The van der Waals surface area contributed by atoms with Gasteiger partial charge in [0.2, 0.25) is 0 Å². The number of hydrogen-bond donors (Lipinski definition) is 0. The number of pyridine rings is 1. The van der Waals surface area contributed by atoms with Crippen LogP contribution in [0, 0.1) is 0 Å². The van der Waals surface area contributed by atoms with Crippen LogP contribution < -0.4 is 4.74 Å². The van der Waals surface area contributed by atoms with Gasteiger partial charge in [-0.25, -0.2) is 4.98 Å². The fourth-order valence-corrected chi connectivity index (χ4v) is 4.56. The van der Waals surface area contributed by atoms with Crippen molar-refractivity contribution in [2.75, 3.05) is 7.11 Å². The first-order valence-electron chi connectivity index (χ1n) is 10.2. The Hall–Kier alpha value is -3.32. The standard InChI is InChI=1S/C25H16Cl3N3O3/c1-33-17-4-5-20-18(11-17)22(24(28)31(20)13-15-2-3-16(26)10-19(15)27)23(32)25-30-12-21(34-25)14-6-8-29-9-7-14/h2-12H,13H2,1H3. The summed E-state index contributed by atoms with van der Waals surface area (Å²) < 4.78 is 13.0. The van der Waals surface area contributed by atoms with Crippen LogP contribution in [0.1, 0.15) is 21.8 Å². The van der Waals surface area contributed by atoms with E-state index in [2.05, 4.69) is 9.97 Å². The summed E-state index contributed by atoms with van der Waals surface area (Å²) in [6, 6.07) is 14.2. The number of methoxy groups -OCH3 is 1. The average molecular weight is 513 g/mol. The first-order valence-corrected chi connectivity index (χ1v) is 11.3. The van der Waals surface area contributed by atoms with E-state index in [0.717, 1.165) is 16.6 Å². The zero-order valence-corrected chi connectivity index (χ0v) is 20.0. The molecule has 9 heteroatoms. The first-order chi connectivity index (χ1) is 16.5. The van der Waals surface area contributed by atoms with Crippen molar-refractivity contribution < 1.29 is 13.9 Å². The molecule has 2 aromatic carbocycles. The molecular formula is C25H16Cl3N3O3. The van der Waals surface area contributed by atoms with Crippen LogP contribution in [-0.4, -0.2) is 27.4 Å². The highest BCUT2D eigenvalue weighted by Gasteiger charge is 2.27. The number of oxazole rings is 1. The minimum Gasteiger partial charge on any atom is -0.497 e. The summed E-state index contributed by atoms with van der Waals surface area (Å²) in [5, 5.41) is 1.89. The lowest BCUT2D eigenvalue weighted by Gasteiger charge is -2.10. The summed E-state index contributed by atoms with van der Waals surface area (Å²) >= 11 is 19.2. The largest absolute Gasteiger partial charge is 0.497 e. The van der Waals surface area contributed by atoms with E-state index >= 15 is 0 Å². The second-order valence-electron chi connectivity index (χ2n) is 7.47. The van der Waals surface area contributed by atoms with Crippen LogP contribution in [0.25, 0.3) is 22.2 Å². The van der Waals surface area contributed by atoms with Crippen LogP contribution >= 0.6 is 34.8 Å². The molecule has 0 radical (unpaired) electrons. The van der Waals surface area contributed by atoms with Crippen molar-refractivity contribution in [1.82, 2.24) is 14.5 Å². The Morgan fingerprint density at radius 3 is 2.59 bits per heavy atom. The molecule has 0 aliphatic carbocycles. The van der Waals surface area contributed by atoms with Crippen molar-refractivity contribution in [3.05, 3.63) is 99.3 Å². The van der Waals surface area contributed by atoms with Crippen LogP contribution in [0.3, 0.4) is 0 Å². The number of halogens is 3. The molecule has 0 unspecified atom stereocenters. The van der Waals surface area contributed by atoms with Gasteiger partial charge in [-0.2, -0.15) is 0 Å². The van der Waals surface area contributed by atoms with E-state index in [0.29, 0.717) is 33.5 Å². The molecule has 0 N–H and O–H groups in total. The Morgan fingerprint density at radius 2 is 1.85 bits per heavy atom.